The maximum atomic E-state index is 13.8. The Labute approximate surface area is 104 Å². The number of benzene rings is 1. The Morgan fingerprint density at radius 3 is 2.75 bits per heavy atom. The Morgan fingerprint density at radius 1 is 1.19 bits per heavy atom. The molecule has 0 radical (unpaired) electrons. The lowest BCUT2D eigenvalue weighted by Gasteiger charge is -2.22. The molecule has 88 valence electrons. The lowest BCUT2D eigenvalue weighted by atomic mass is 9.88. The van der Waals surface area contributed by atoms with E-state index in [2.05, 4.69) is 15.9 Å². The summed E-state index contributed by atoms with van der Waals surface area (Å²) in [6, 6.07) is 5.25. The summed E-state index contributed by atoms with van der Waals surface area (Å²) < 4.78 is 14.7. The second-order valence-corrected chi connectivity index (χ2v) is 5.49. The summed E-state index contributed by atoms with van der Waals surface area (Å²) in [6.45, 7) is 0. The molecular formula is C13H17BrFN. The van der Waals surface area contributed by atoms with Gasteiger partial charge in [0, 0.05) is 16.4 Å². The van der Waals surface area contributed by atoms with Gasteiger partial charge < -0.3 is 5.73 Å². The predicted octanol–water partition coefficient (Wildman–Crippen LogP) is 3.96. The molecule has 2 unspecified atom stereocenters. The van der Waals surface area contributed by atoms with Gasteiger partial charge in [0.1, 0.15) is 5.82 Å². The fraction of sp³-hybridized carbons (Fsp3) is 0.538. The van der Waals surface area contributed by atoms with Crippen LogP contribution in [0.15, 0.2) is 22.7 Å². The van der Waals surface area contributed by atoms with Gasteiger partial charge in [0.25, 0.3) is 0 Å². The van der Waals surface area contributed by atoms with Crippen LogP contribution in [0.25, 0.3) is 0 Å². The van der Waals surface area contributed by atoms with Crippen molar-refractivity contribution in [1.82, 2.24) is 0 Å². The van der Waals surface area contributed by atoms with Gasteiger partial charge in [-0.05, 0) is 36.6 Å². The van der Waals surface area contributed by atoms with E-state index in [1.807, 2.05) is 6.07 Å². The Hall–Kier alpha value is -0.410. The molecule has 1 saturated carbocycles. The number of hydrogen-bond acceptors (Lipinski definition) is 1. The fourth-order valence-electron chi connectivity index (χ4n) is 2.52. The minimum atomic E-state index is -0.120. The quantitative estimate of drug-likeness (QED) is 0.777. The third-order valence-corrected chi connectivity index (χ3v) is 3.92. The average molecular weight is 286 g/mol. The zero-order valence-corrected chi connectivity index (χ0v) is 10.8. The molecule has 0 heterocycles. The summed E-state index contributed by atoms with van der Waals surface area (Å²) in [4.78, 5) is 0. The van der Waals surface area contributed by atoms with Crippen LogP contribution >= 0.6 is 15.9 Å². The molecule has 0 bridgehead atoms. The van der Waals surface area contributed by atoms with E-state index in [-0.39, 0.29) is 17.8 Å². The molecule has 0 saturated heterocycles. The van der Waals surface area contributed by atoms with Crippen molar-refractivity contribution in [2.45, 2.75) is 44.1 Å². The van der Waals surface area contributed by atoms with Gasteiger partial charge in [-0.1, -0.05) is 35.2 Å². The highest BCUT2D eigenvalue weighted by atomic mass is 79.9. The Balaban J connectivity index is 2.29. The molecule has 1 aliphatic rings. The van der Waals surface area contributed by atoms with Crippen LogP contribution in [-0.2, 0) is 0 Å². The summed E-state index contributed by atoms with van der Waals surface area (Å²) in [6.07, 6.45) is 5.57. The van der Waals surface area contributed by atoms with E-state index in [0.29, 0.717) is 0 Å². The van der Waals surface area contributed by atoms with Gasteiger partial charge in [0.15, 0.2) is 0 Å². The van der Waals surface area contributed by atoms with Crippen LogP contribution in [0, 0.1) is 5.82 Å². The third-order valence-electron chi connectivity index (χ3n) is 3.43. The minimum absolute atomic E-state index is 0.103. The van der Waals surface area contributed by atoms with Gasteiger partial charge in [-0.2, -0.15) is 0 Å². The number of halogens is 2. The zero-order chi connectivity index (χ0) is 11.5. The molecule has 3 heteroatoms. The molecule has 1 fully saturated rings. The van der Waals surface area contributed by atoms with Crippen LogP contribution in [0.5, 0.6) is 0 Å². The highest BCUT2D eigenvalue weighted by molar-refractivity contribution is 9.10. The topological polar surface area (TPSA) is 26.0 Å². The van der Waals surface area contributed by atoms with Crippen LogP contribution in [0.2, 0.25) is 0 Å². The fourth-order valence-corrected chi connectivity index (χ4v) is 2.90. The molecule has 0 aromatic heterocycles. The van der Waals surface area contributed by atoms with Gasteiger partial charge in [0.2, 0.25) is 0 Å². The number of rotatable bonds is 1. The molecule has 0 spiro atoms. The molecule has 2 atom stereocenters. The SMILES string of the molecule is NC1CCCCCC1c1cc(Br)ccc1F. The third kappa shape index (κ3) is 2.64. The molecule has 2 N–H and O–H groups in total. The molecule has 2 rings (SSSR count). The van der Waals surface area contributed by atoms with Crippen molar-refractivity contribution in [3.63, 3.8) is 0 Å². The standard InChI is InChI=1S/C13H17BrFN/c14-9-6-7-12(15)11(8-9)10-4-2-1-3-5-13(10)16/h6-8,10,13H,1-5,16H2. The van der Waals surface area contributed by atoms with E-state index < -0.39 is 0 Å². The predicted molar refractivity (Wildman–Crippen MR) is 67.9 cm³/mol. The smallest absolute Gasteiger partial charge is 0.126 e. The largest absolute Gasteiger partial charge is 0.327 e. The van der Waals surface area contributed by atoms with E-state index in [1.54, 1.807) is 6.07 Å². The molecule has 1 aromatic rings. The Bertz CT molecular complexity index is 367. The minimum Gasteiger partial charge on any atom is -0.327 e. The van der Waals surface area contributed by atoms with Gasteiger partial charge in [-0.25, -0.2) is 4.39 Å². The van der Waals surface area contributed by atoms with Crippen molar-refractivity contribution in [1.29, 1.82) is 0 Å². The van der Waals surface area contributed by atoms with Gasteiger partial charge in [-0.15, -0.1) is 0 Å². The number of hydrogen-bond donors (Lipinski definition) is 1. The van der Waals surface area contributed by atoms with E-state index in [4.69, 9.17) is 5.73 Å². The van der Waals surface area contributed by atoms with Crippen molar-refractivity contribution in [2.75, 3.05) is 0 Å². The van der Waals surface area contributed by atoms with E-state index >= 15 is 0 Å². The van der Waals surface area contributed by atoms with Gasteiger partial charge in [0.05, 0.1) is 0 Å². The molecule has 0 amide bonds. The lowest BCUT2D eigenvalue weighted by Crippen LogP contribution is -2.27. The number of nitrogens with two attached hydrogens (primary N) is 1. The van der Waals surface area contributed by atoms with Crippen molar-refractivity contribution in [3.8, 4) is 0 Å². The summed E-state index contributed by atoms with van der Waals surface area (Å²) in [5.41, 5.74) is 6.93. The van der Waals surface area contributed by atoms with Crippen LogP contribution in [-0.4, -0.2) is 6.04 Å². The van der Waals surface area contributed by atoms with Crippen molar-refractivity contribution >= 4 is 15.9 Å². The molecule has 0 aliphatic heterocycles. The normalized spacial score (nSPS) is 26.4. The highest BCUT2D eigenvalue weighted by Crippen LogP contribution is 2.33. The van der Waals surface area contributed by atoms with Gasteiger partial charge in [-0.3, -0.25) is 0 Å². The summed E-state index contributed by atoms with van der Waals surface area (Å²) in [5.74, 6) is 0.0607. The van der Waals surface area contributed by atoms with Gasteiger partial charge >= 0.3 is 0 Å². The summed E-state index contributed by atoms with van der Waals surface area (Å²) in [5, 5.41) is 0. The Kier molecular flexibility index (Phi) is 3.98. The molecular weight excluding hydrogens is 269 g/mol. The maximum absolute atomic E-state index is 13.8. The first kappa shape index (κ1) is 12.1. The first-order valence-corrected chi connectivity index (χ1v) is 6.68. The van der Waals surface area contributed by atoms with Crippen LogP contribution < -0.4 is 5.73 Å². The first-order valence-electron chi connectivity index (χ1n) is 5.89. The van der Waals surface area contributed by atoms with E-state index in [0.717, 1.165) is 29.3 Å². The van der Waals surface area contributed by atoms with Crippen molar-refractivity contribution in [3.05, 3.63) is 34.1 Å². The monoisotopic (exact) mass is 285 g/mol. The molecule has 16 heavy (non-hydrogen) atoms. The summed E-state index contributed by atoms with van der Waals surface area (Å²) in [7, 11) is 0. The van der Waals surface area contributed by atoms with E-state index in [9.17, 15) is 4.39 Å². The van der Waals surface area contributed by atoms with Crippen LogP contribution in [0.4, 0.5) is 4.39 Å². The Morgan fingerprint density at radius 2 is 1.94 bits per heavy atom. The van der Waals surface area contributed by atoms with E-state index in [1.165, 1.54) is 18.9 Å². The van der Waals surface area contributed by atoms with Crippen molar-refractivity contribution < 1.29 is 4.39 Å². The highest BCUT2D eigenvalue weighted by Gasteiger charge is 2.24. The summed E-state index contributed by atoms with van der Waals surface area (Å²) >= 11 is 3.39. The molecule has 1 aromatic carbocycles. The second kappa shape index (κ2) is 5.28. The molecule has 1 aliphatic carbocycles. The lowest BCUT2D eigenvalue weighted by molar-refractivity contribution is 0.479. The average Bonchev–Trinajstić information content (AvgIpc) is 2.47. The van der Waals surface area contributed by atoms with Crippen molar-refractivity contribution in [2.24, 2.45) is 5.73 Å². The van der Waals surface area contributed by atoms with Crippen LogP contribution in [0.1, 0.15) is 43.6 Å². The second-order valence-electron chi connectivity index (χ2n) is 4.57. The first-order chi connectivity index (χ1) is 7.68. The van der Waals surface area contributed by atoms with Crippen LogP contribution in [0.3, 0.4) is 0 Å². The zero-order valence-electron chi connectivity index (χ0n) is 9.26. The molecule has 1 nitrogen and oxygen atoms in total. The maximum Gasteiger partial charge on any atom is 0.126 e.